The van der Waals surface area contributed by atoms with Crippen molar-refractivity contribution in [2.45, 2.75) is 37.8 Å². The molecule has 2 N–H and O–H groups in total. The molecule has 0 aromatic carbocycles. The Labute approximate surface area is 89.4 Å². The maximum Gasteiger partial charge on any atom is 0.221 e. The normalized spacial score (nSPS) is 26.4. The molecule has 2 aliphatic rings. The number of carbonyl (C=O) groups excluding carboxylic acids is 1. The minimum Gasteiger partial charge on any atom is -0.353 e. The number of amides is 1. The molecule has 3 nitrogen and oxygen atoms in total. The smallest absolute Gasteiger partial charge is 0.221 e. The van der Waals surface area contributed by atoms with Crippen LogP contribution in [0.5, 0.6) is 0 Å². The van der Waals surface area contributed by atoms with E-state index in [0.29, 0.717) is 18.5 Å². The fraction of sp³-hybridized carbons (Fsp3) is 0.900. The Morgan fingerprint density at radius 3 is 2.79 bits per heavy atom. The summed E-state index contributed by atoms with van der Waals surface area (Å²) in [5.41, 5.74) is 0. The summed E-state index contributed by atoms with van der Waals surface area (Å²) in [6.45, 7) is 0.837. The van der Waals surface area contributed by atoms with Gasteiger partial charge in [-0.3, -0.25) is 4.79 Å². The number of hydrogen-bond donors (Lipinski definition) is 2. The van der Waals surface area contributed by atoms with Gasteiger partial charge in [0, 0.05) is 30.8 Å². The first-order chi connectivity index (χ1) is 6.84. The van der Waals surface area contributed by atoms with E-state index in [4.69, 9.17) is 0 Å². The Morgan fingerprint density at radius 1 is 1.29 bits per heavy atom. The van der Waals surface area contributed by atoms with Crippen LogP contribution in [0.1, 0.15) is 25.7 Å². The quantitative estimate of drug-likeness (QED) is 0.709. The average molecular weight is 214 g/mol. The van der Waals surface area contributed by atoms with Crippen molar-refractivity contribution >= 4 is 17.7 Å². The monoisotopic (exact) mass is 214 g/mol. The van der Waals surface area contributed by atoms with Gasteiger partial charge >= 0.3 is 0 Å². The molecule has 1 unspecified atom stereocenters. The van der Waals surface area contributed by atoms with Crippen LogP contribution in [0.2, 0.25) is 0 Å². The maximum atomic E-state index is 11.3. The highest BCUT2D eigenvalue weighted by Gasteiger charge is 2.23. The van der Waals surface area contributed by atoms with E-state index in [2.05, 4.69) is 10.6 Å². The lowest BCUT2D eigenvalue weighted by Crippen LogP contribution is -2.34. The van der Waals surface area contributed by atoms with Crippen LogP contribution in [-0.2, 0) is 4.79 Å². The topological polar surface area (TPSA) is 41.1 Å². The van der Waals surface area contributed by atoms with Crippen LogP contribution in [0, 0.1) is 0 Å². The van der Waals surface area contributed by atoms with Gasteiger partial charge < -0.3 is 10.6 Å². The molecule has 1 aliphatic heterocycles. The number of rotatable bonds is 5. The lowest BCUT2D eigenvalue weighted by Gasteiger charge is -2.10. The molecule has 0 aromatic heterocycles. The highest BCUT2D eigenvalue weighted by atomic mass is 32.2. The van der Waals surface area contributed by atoms with Gasteiger partial charge in [0.05, 0.1) is 0 Å². The van der Waals surface area contributed by atoms with Crippen molar-refractivity contribution in [1.82, 2.24) is 10.6 Å². The molecule has 0 bridgehead atoms. The van der Waals surface area contributed by atoms with Gasteiger partial charge in [-0.25, -0.2) is 0 Å². The van der Waals surface area contributed by atoms with E-state index in [9.17, 15) is 4.79 Å². The van der Waals surface area contributed by atoms with E-state index in [-0.39, 0.29) is 5.91 Å². The van der Waals surface area contributed by atoms with E-state index in [1.54, 1.807) is 0 Å². The third-order valence-corrected chi connectivity index (χ3v) is 3.82. The van der Waals surface area contributed by atoms with Gasteiger partial charge in [-0.05, 0) is 25.0 Å². The molecular weight excluding hydrogens is 196 g/mol. The van der Waals surface area contributed by atoms with Crippen molar-refractivity contribution in [2.24, 2.45) is 0 Å². The maximum absolute atomic E-state index is 11.3. The van der Waals surface area contributed by atoms with E-state index in [0.717, 1.165) is 6.54 Å². The minimum atomic E-state index is 0.214. The van der Waals surface area contributed by atoms with E-state index >= 15 is 0 Å². The lowest BCUT2D eigenvalue weighted by molar-refractivity contribution is -0.121. The molecule has 1 atom stereocenters. The molecule has 1 heterocycles. The molecule has 4 heteroatoms. The zero-order valence-electron chi connectivity index (χ0n) is 8.42. The summed E-state index contributed by atoms with van der Waals surface area (Å²) < 4.78 is 0. The Bertz CT molecular complexity index is 200. The van der Waals surface area contributed by atoms with Gasteiger partial charge in [0.15, 0.2) is 0 Å². The molecule has 0 spiro atoms. The van der Waals surface area contributed by atoms with Crippen LogP contribution in [0.4, 0.5) is 0 Å². The lowest BCUT2D eigenvalue weighted by atomic mass is 10.2. The summed E-state index contributed by atoms with van der Waals surface area (Å²) in [7, 11) is 0. The number of thioether (sulfide) groups is 1. The largest absolute Gasteiger partial charge is 0.353 e. The van der Waals surface area contributed by atoms with Crippen molar-refractivity contribution in [3.63, 3.8) is 0 Å². The van der Waals surface area contributed by atoms with Gasteiger partial charge in [-0.2, -0.15) is 11.8 Å². The zero-order valence-corrected chi connectivity index (χ0v) is 9.24. The number of hydrogen-bond acceptors (Lipinski definition) is 3. The summed E-state index contributed by atoms with van der Waals surface area (Å²) in [6.07, 6.45) is 4.25. The van der Waals surface area contributed by atoms with Gasteiger partial charge in [0.2, 0.25) is 5.91 Å². The molecule has 0 aromatic rings. The van der Waals surface area contributed by atoms with Crippen LogP contribution in [0.15, 0.2) is 0 Å². The molecule has 1 saturated carbocycles. The Morgan fingerprint density at radius 2 is 2.14 bits per heavy atom. The standard InChI is InChI=1S/C10H18N2OS/c13-10(12-8-1-2-8)3-5-11-9-4-6-14-7-9/h8-9,11H,1-7H2,(H,12,13). The predicted molar refractivity (Wildman–Crippen MR) is 59.5 cm³/mol. The Balaban J connectivity index is 1.50. The molecule has 14 heavy (non-hydrogen) atoms. The fourth-order valence-electron chi connectivity index (χ4n) is 1.61. The van der Waals surface area contributed by atoms with E-state index in [1.807, 2.05) is 11.8 Å². The minimum absolute atomic E-state index is 0.214. The Kier molecular flexibility index (Phi) is 3.70. The summed E-state index contributed by atoms with van der Waals surface area (Å²) in [5, 5.41) is 6.42. The van der Waals surface area contributed by atoms with Crippen molar-refractivity contribution in [2.75, 3.05) is 18.1 Å². The highest BCUT2D eigenvalue weighted by molar-refractivity contribution is 7.99. The first kappa shape index (κ1) is 10.3. The van der Waals surface area contributed by atoms with Crippen LogP contribution < -0.4 is 10.6 Å². The molecule has 80 valence electrons. The second-order valence-electron chi connectivity index (χ2n) is 4.11. The first-order valence-electron chi connectivity index (χ1n) is 5.45. The van der Waals surface area contributed by atoms with Crippen molar-refractivity contribution in [1.29, 1.82) is 0 Å². The third kappa shape index (κ3) is 3.50. The molecule has 1 aliphatic carbocycles. The fourth-order valence-corrected chi connectivity index (χ4v) is 2.80. The van der Waals surface area contributed by atoms with Crippen LogP contribution >= 0.6 is 11.8 Å². The second-order valence-corrected chi connectivity index (χ2v) is 5.26. The van der Waals surface area contributed by atoms with Crippen LogP contribution in [-0.4, -0.2) is 36.0 Å². The zero-order chi connectivity index (χ0) is 9.80. The summed E-state index contributed by atoms with van der Waals surface area (Å²) in [5.74, 6) is 2.70. The first-order valence-corrected chi connectivity index (χ1v) is 6.60. The molecule has 2 fully saturated rings. The van der Waals surface area contributed by atoms with Crippen molar-refractivity contribution < 1.29 is 4.79 Å². The average Bonchev–Trinajstić information content (AvgIpc) is 2.82. The van der Waals surface area contributed by atoms with Gasteiger partial charge in [0.1, 0.15) is 0 Å². The molecular formula is C10H18N2OS. The third-order valence-electron chi connectivity index (χ3n) is 2.66. The highest BCUT2D eigenvalue weighted by Crippen LogP contribution is 2.18. The van der Waals surface area contributed by atoms with Gasteiger partial charge in [-0.15, -0.1) is 0 Å². The molecule has 0 radical (unpaired) electrons. The molecule has 1 saturated heterocycles. The summed E-state index contributed by atoms with van der Waals surface area (Å²) in [4.78, 5) is 11.3. The Hall–Kier alpha value is -0.220. The van der Waals surface area contributed by atoms with Gasteiger partial charge in [-0.1, -0.05) is 0 Å². The van der Waals surface area contributed by atoms with Crippen LogP contribution in [0.25, 0.3) is 0 Å². The van der Waals surface area contributed by atoms with Crippen LogP contribution in [0.3, 0.4) is 0 Å². The van der Waals surface area contributed by atoms with Crippen molar-refractivity contribution in [3.05, 3.63) is 0 Å². The summed E-state index contributed by atoms with van der Waals surface area (Å²) in [6, 6.07) is 1.15. The number of nitrogens with one attached hydrogen (secondary N) is 2. The predicted octanol–water partition coefficient (Wildman–Crippen LogP) is 0.750. The number of carbonyl (C=O) groups is 1. The SMILES string of the molecule is O=C(CCNC1CCSC1)NC1CC1. The second kappa shape index (κ2) is 5.03. The molecule has 1 amide bonds. The summed E-state index contributed by atoms with van der Waals surface area (Å²) >= 11 is 2.00. The van der Waals surface area contributed by atoms with E-state index < -0.39 is 0 Å². The van der Waals surface area contributed by atoms with Crippen molar-refractivity contribution in [3.8, 4) is 0 Å². The van der Waals surface area contributed by atoms with E-state index in [1.165, 1.54) is 30.8 Å². The molecule has 2 rings (SSSR count). The van der Waals surface area contributed by atoms with Gasteiger partial charge in [0.25, 0.3) is 0 Å².